The van der Waals surface area contributed by atoms with Crippen molar-refractivity contribution in [1.29, 1.82) is 5.41 Å². The third kappa shape index (κ3) is 6.97. The maximum atomic E-state index is 14.6. The lowest BCUT2D eigenvalue weighted by Crippen LogP contribution is -2.70. The summed E-state index contributed by atoms with van der Waals surface area (Å²) in [5.74, 6) is -3.22. The summed E-state index contributed by atoms with van der Waals surface area (Å²) < 4.78 is 0. The normalized spacial score (nSPS) is 30.8. The molecule has 5 fully saturated rings. The van der Waals surface area contributed by atoms with Gasteiger partial charge in [-0.1, -0.05) is 47.0 Å². The van der Waals surface area contributed by atoms with Crippen molar-refractivity contribution in [2.45, 2.75) is 135 Å². The number of likely N-dealkylation sites (tertiary alicyclic amines) is 1. The van der Waals surface area contributed by atoms with Gasteiger partial charge in [0.15, 0.2) is 6.10 Å². The van der Waals surface area contributed by atoms with Crippen molar-refractivity contribution in [2.75, 3.05) is 6.54 Å². The number of hydrogen-bond acceptors (Lipinski definition) is 8. The number of hydrogen-bond donors (Lipinski definition) is 7. The molecule has 2 aliphatic heterocycles. The van der Waals surface area contributed by atoms with E-state index in [4.69, 9.17) is 5.41 Å². The summed E-state index contributed by atoms with van der Waals surface area (Å²) in [4.78, 5) is 70.0. The maximum Gasteiger partial charge on any atom is 0.269 e. The van der Waals surface area contributed by atoms with E-state index in [0.717, 1.165) is 51.0 Å². The summed E-state index contributed by atoms with van der Waals surface area (Å²) in [5.41, 5.74) is -1.81. The Balaban J connectivity index is 1.38. The smallest absolute Gasteiger partial charge is 0.269 e. The Hall–Kier alpha value is -3.48. The zero-order valence-corrected chi connectivity index (χ0v) is 28.9. The molecule has 0 aromatic heterocycles. The van der Waals surface area contributed by atoms with Crippen LogP contribution in [0, 0.1) is 34.0 Å². The van der Waals surface area contributed by atoms with Gasteiger partial charge in [0.1, 0.15) is 23.8 Å². The number of carbonyl (C=O) groups is 5. The minimum atomic E-state index is -1.40. The average molecular weight is 671 g/mol. The molecule has 3 saturated carbocycles. The fourth-order valence-electron chi connectivity index (χ4n) is 8.98. The maximum absolute atomic E-state index is 14.6. The number of aliphatic hydroxyl groups excluding tert-OH is 2. The summed E-state index contributed by atoms with van der Waals surface area (Å²) in [6.45, 7) is 9.21. The van der Waals surface area contributed by atoms with Crippen LogP contribution in [-0.2, 0) is 24.0 Å². The number of aliphatic hydroxyl groups is 2. The fraction of sp³-hybridized carbons (Fsp3) is 0.771. The molecule has 2 unspecified atom stereocenters. The molecule has 2 saturated heterocycles. The molecule has 5 amide bonds. The number of nitrogens with zero attached hydrogens (tertiary/aromatic N) is 1. The third-order valence-corrected chi connectivity index (χ3v) is 11.6. The highest BCUT2D eigenvalue weighted by Crippen LogP contribution is 2.59. The molecule has 0 radical (unpaired) electrons. The highest BCUT2D eigenvalue weighted by Gasteiger charge is 2.67. The minimum Gasteiger partial charge on any atom is -0.513 e. The first-order chi connectivity index (χ1) is 22.6. The third-order valence-electron chi connectivity index (χ3n) is 11.6. The van der Waals surface area contributed by atoms with E-state index >= 15 is 0 Å². The first-order valence-corrected chi connectivity index (χ1v) is 17.8. The van der Waals surface area contributed by atoms with Crippen LogP contribution in [-0.4, -0.2) is 93.2 Å². The number of amides is 5. The van der Waals surface area contributed by atoms with E-state index in [1.165, 1.54) is 6.92 Å². The zero-order chi connectivity index (χ0) is 35.1. The van der Waals surface area contributed by atoms with Gasteiger partial charge in [-0.15, -0.1) is 0 Å². The Labute approximate surface area is 282 Å². The van der Waals surface area contributed by atoms with Crippen LogP contribution in [0.5, 0.6) is 0 Å². The lowest BCUT2D eigenvalue weighted by atomic mass is 9.62. The molecule has 5 aliphatic rings. The van der Waals surface area contributed by atoms with Crippen LogP contribution in [0.15, 0.2) is 11.8 Å². The first kappa shape index (κ1) is 35.8. The lowest BCUT2D eigenvalue weighted by molar-refractivity contribution is -0.153. The van der Waals surface area contributed by atoms with Crippen LogP contribution >= 0.6 is 0 Å². The van der Waals surface area contributed by atoms with Crippen LogP contribution < -0.4 is 21.3 Å². The average Bonchev–Trinajstić information content (AvgIpc) is 3.64. The van der Waals surface area contributed by atoms with Gasteiger partial charge in [-0.3, -0.25) is 29.4 Å². The Morgan fingerprint density at radius 1 is 1.06 bits per heavy atom. The van der Waals surface area contributed by atoms with Crippen molar-refractivity contribution in [3.05, 3.63) is 11.8 Å². The Kier molecular flexibility index (Phi) is 10.3. The van der Waals surface area contributed by atoms with Crippen molar-refractivity contribution in [3.63, 3.8) is 0 Å². The van der Waals surface area contributed by atoms with E-state index in [1.54, 1.807) is 4.90 Å². The molecule has 0 spiro atoms. The standard InChI is InChI=1S/C35H54N6O7/c1-6-35-15-14-20-17-41(25(23(20)35)31(46)39-27(35)26(43)32(47)37-21-12-13-21)33(48)28(34(3,4)5)40-30(45)24(19-10-8-7-9-11-19)38-29(44)22(36)16-18(2)42/h16,19-21,23-28,36,42-43H,6-15,17H2,1-5H3,(H,37,47)(H,38,44)(H,39,46)(H,40,45)/b18-16-,36-22?/t20-,23-,24-,25-,26?,27+,28+,35?/m0/s1. The van der Waals surface area contributed by atoms with E-state index in [-0.39, 0.29) is 35.5 Å². The second-order valence-corrected chi connectivity index (χ2v) is 15.9. The summed E-state index contributed by atoms with van der Waals surface area (Å²) in [5, 5.41) is 40.3. The summed E-state index contributed by atoms with van der Waals surface area (Å²) >= 11 is 0. The van der Waals surface area contributed by atoms with Gasteiger partial charge in [0.2, 0.25) is 17.7 Å². The summed E-state index contributed by atoms with van der Waals surface area (Å²) in [7, 11) is 0. The van der Waals surface area contributed by atoms with E-state index in [2.05, 4.69) is 21.3 Å². The van der Waals surface area contributed by atoms with E-state index in [9.17, 15) is 34.2 Å². The molecule has 3 aliphatic carbocycles. The van der Waals surface area contributed by atoms with Gasteiger partial charge in [0.05, 0.1) is 11.8 Å². The van der Waals surface area contributed by atoms with Crippen LogP contribution in [0.25, 0.3) is 0 Å². The molecule has 2 heterocycles. The molecule has 0 bridgehead atoms. The molecule has 8 atom stereocenters. The van der Waals surface area contributed by atoms with Gasteiger partial charge in [-0.05, 0) is 74.5 Å². The van der Waals surface area contributed by atoms with Crippen molar-refractivity contribution in [2.24, 2.45) is 28.6 Å². The topological polar surface area (TPSA) is 201 Å². The van der Waals surface area contributed by atoms with Gasteiger partial charge in [0, 0.05) is 24.6 Å². The SMILES string of the molecule is CCC12CC[C@H]3CN(C(=O)[C@@H](NC(=O)[C@@H](NC(=O)C(=N)/C=C(/C)O)C4CCCCC4)C(C)(C)C)[C@H](C(=O)N[C@@H]1C(O)C(=O)NC1CC1)[C@H]32. The Morgan fingerprint density at radius 2 is 1.73 bits per heavy atom. The lowest BCUT2D eigenvalue weighted by Gasteiger charge is -2.50. The van der Waals surface area contributed by atoms with Gasteiger partial charge in [-0.25, -0.2) is 0 Å². The molecule has 48 heavy (non-hydrogen) atoms. The van der Waals surface area contributed by atoms with Crippen molar-refractivity contribution >= 4 is 35.2 Å². The molecule has 5 rings (SSSR count). The predicted molar refractivity (Wildman–Crippen MR) is 178 cm³/mol. The van der Waals surface area contributed by atoms with Crippen LogP contribution in [0.3, 0.4) is 0 Å². The van der Waals surface area contributed by atoms with Gasteiger partial charge in [-0.2, -0.15) is 0 Å². The van der Waals surface area contributed by atoms with Gasteiger partial charge >= 0.3 is 0 Å². The molecule has 7 N–H and O–H groups in total. The monoisotopic (exact) mass is 670 g/mol. The Morgan fingerprint density at radius 3 is 2.31 bits per heavy atom. The van der Waals surface area contributed by atoms with Crippen molar-refractivity contribution < 1.29 is 34.2 Å². The number of rotatable bonds is 11. The Bertz CT molecular complexity index is 1340. The summed E-state index contributed by atoms with van der Waals surface area (Å²) in [6, 6.07) is -3.52. The molecule has 13 nitrogen and oxygen atoms in total. The van der Waals surface area contributed by atoms with Crippen LogP contribution in [0.4, 0.5) is 0 Å². The second kappa shape index (κ2) is 13.8. The summed E-state index contributed by atoms with van der Waals surface area (Å²) in [6.07, 6.45) is 7.68. The van der Waals surface area contributed by atoms with Gasteiger partial charge < -0.3 is 36.4 Å². The van der Waals surface area contributed by atoms with Crippen LogP contribution in [0.2, 0.25) is 0 Å². The van der Waals surface area contributed by atoms with Gasteiger partial charge in [0.25, 0.3) is 11.8 Å². The van der Waals surface area contributed by atoms with Crippen LogP contribution in [0.1, 0.15) is 98.8 Å². The van der Waals surface area contributed by atoms with Crippen molar-refractivity contribution in [3.8, 4) is 0 Å². The van der Waals surface area contributed by atoms with E-state index in [0.29, 0.717) is 25.8 Å². The molecule has 0 aromatic carbocycles. The predicted octanol–water partition coefficient (Wildman–Crippen LogP) is 1.84. The quantitative estimate of drug-likeness (QED) is 0.128. The molecule has 13 heteroatoms. The molecule has 0 aromatic rings. The largest absolute Gasteiger partial charge is 0.513 e. The fourth-order valence-corrected chi connectivity index (χ4v) is 8.98. The number of allylic oxidation sites excluding steroid dienone is 1. The molecule has 266 valence electrons. The number of nitrogens with one attached hydrogen (secondary N) is 5. The van der Waals surface area contributed by atoms with E-state index in [1.807, 2.05) is 27.7 Å². The van der Waals surface area contributed by atoms with Crippen molar-refractivity contribution in [1.82, 2.24) is 26.2 Å². The molecular formula is C35H54N6O7. The number of carbonyl (C=O) groups excluding carboxylic acids is 5. The number of piperidine rings is 1. The van der Waals surface area contributed by atoms with E-state index < -0.39 is 70.4 Å². The highest BCUT2D eigenvalue weighted by atomic mass is 16.3. The second-order valence-electron chi connectivity index (χ2n) is 15.9. The zero-order valence-electron chi connectivity index (χ0n) is 28.9. The minimum absolute atomic E-state index is 0.00536. The highest BCUT2D eigenvalue weighted by molar-refractivity contribution is 6.42. The molecular weight excluding hydrogens is 616 g/mol. The first-order valence-electron chi connectivity index (χ1n) is 17.8.